The molecular weight excluding hydrogens is 307 g/mol. The second-order valence-electron chi connectivity index (χ2n) is 5.32. The van der Waals surface area contributed by atoms with Gasteiger partial charge in [0.05, 0.1) is 17.9 Å². The summed E-state index contributed by atoms with van der Waals surface area (Å²) in [6.07, 6.45) is 2.51. The Morgan fingerprint density at radius 2 is 1.92 bits per heavy atom. The zero-order chi connectivity index (χ0) is 16.9. The molecule has 0 radical (unpaired) electrons. The second-order valence-corrected chi connectivity index (χ2v) is 5.32. The highest BCUT2D eigenvalue weighted by atomic mass is 19.1. The number of anilines is 1. The van der Waals surface area contributed by atoms with Crippen molar-refractivity contribution in [1.82, 2.24) is 5.01 Å². The van der Waals surface area contributed by atoms with Crippen molar-refractivity contribution in [3.63, 3.8) is 0 Å². The first-order valence-corrected chi connectivity index (χ1v) is 7.54. The largest absolute Gasteiger partial charge is 0.271 e. The van der Waals surface area contributed by atoms with Crippen molar-refractivity contribution in [1.29, 1.82) is 5.26 Å². The number of carbonyl (C=O) groups excluding carboxylic acids is 1. The summed E-state index contributed by atoms with van der Waals surface area (Å²) < 4.78 is 13.8. The third-order valence-electron chi connectivity index (χ3n) is 3.75. The van der Waals surface area contributed by atoms with Crippen molar-refractivity contribution in [2.45, 2.75) is 6.42 Å². The van der Waals surface area contributed by atoms with Gasteiger partial charge in [0.1, 0.15) is 12.4 Å². The monoisotopic (exact) mass is 322 g/mol. The summed E-state index contributed by atoms with van der Waals surface area (Å²) in [4.78, 5) is 13.4. The Morgan fingerprint density at radius 3 is 2.62 bits per heavy atom. The molecule has 0 saturated heterocycles. The van der Waals surface area contributed by atoms with Gasteiger partial charge in [0.15, 0.2) is 6.19 Å². The van der Waals surface area contributed by atoms with E-state index >= 15 is 0 Å². The van der Waals surface area contributed by atoms with Gasteiger partial charge in [-0.05, 0) is 17.7 Å². The first-order chi connectivity index (χ1) is 11.7. The van der Waals surface area contributed by atoms with E-state index in [-0.39, 0.29) is 18.1 Å². The molecular formula is C18H15FN4O. The zero-order valence-electron chi connectivity index (χ0n) is 12.9. The van der Waals surface area contributed by atoms with Gasteiger partial charge in [-0.25, -0.2) is 9.40 Å². The second kappa shape index (κ2) is 6.92. The maximum absolute atomic E-state index is 13.8. The van der Waals surface area contributed by atoms with Crippen molar-refractivity contribution >= 4 is 17.3 Å². The lowest BCUT2D eigenvalue weighted by Crippen LogP contribution is -2.35. The molecule has 0 saturated carbocycles. The Bertz CT molecular complexity index is 813. The molecule has 120 valence electrons. The molecule has 24 heavy (non-hydrogen) atoms. The smallest absolute Gasteiger partial charge is 0.263 e. The minimum Gasteiger partial charge on any atom is -0.271 e. The number of hydrogen-bond donors (Lipinski definition) is 0. The maximum atomic E-state index is 13.8. The summed E-state index contributed by atoms with van der Waals surface area (Å²) in [6.45, 7) is 0.211. The average molecular weight is 322 g/mol. The van der Waals surface area contributed by atoms with Gasteiger partial charge < -0.3 is 0 Å². The first kappa shape index (κ1) is 15.7. The van der Waals surface area contributed by atoms with Crippen molar-refractivity contribution in [3.05, 3.63) is 66.0 Å². The molecule has 0 N–H and O–H groups in total. The molecule has 6 heteroatoms. The number of halogens is 1. The number of rotatable bonds is 4. The number of hydrogen-bond acceptors (Lipinski definition) is 4. The maximum Gasteiger partial charge on any atom is 0.263 e. The van der Waals surface area contributed by atoms with Crippen molar-refractivity contribution in [2.24, 2.45) is 5.10 Å². The number of carbonyl (C=O) groups is 1. The van der Waals surface area contributed by atoms with Crippen LogP contribution in [0.15, 0.2) is 59.7 Å². The molecule has 1 aliphatic heterocycles. The van der Waals surface area contributed by atoms with Gasteiger partial charge in [-0.15, -0.1) is 0 Å². The summed E-state index contributed by atoms with van der Waals surface area (Å²) in [5.74, 6) is -0.882. The lowest BCUT2D eigenvalue weighted by molar-refractivity contribution is -0.129. The van der Waals surface area contributed by atoms with Gasteiger partial charge in [0, 0.05) is 6.42 Å². The van der Waals surface area contributed by atoms with E-state index in [0.717, 1.165) is 16.2 Å². The van der Waals surface area contributed by atoms with Crippen LogP contribution < -0.4 is 4.90 Å². The Morgan fingerprint density at radius 1 is 1.21 bits per heavy atom. The molecule has 0 aliphatic carbocycles. The Kier molecular flexibility index (Phi) is 4.52. The van der Waals surface area contributed by atoms with Crippen LogP contribution >= 0.6 is 0 Å². The van der Waals surface area contributed by atoms with Gasteiger partial charge in [-0.2, -0.15) is 10.4 Å². The van der Waals surface area contributed by atoms with E-state index in [0.29, 0.717) is 13.0 Å². The van der Waals surface area contributed by atoms with Gasteiger partial charge >= 0.3 is 0 Å². The van der Waals surface area contributed by atoms with Crippen LogP contribution in [0.4, 0.5) is 10.1 Å². The molecule has 0 unspecified atom stereocenters. The summed E-state index contributed by atoms with van der Waals surface area (Å²) >= 11 is 0. The minimum atomic E-state index is -0.540. The first-order valence-electron chi connectivity index (χ1n) is 7.54. The van der Waals surface area contributed by atoms with E-state index in [1.165, 1.54) is 23.2 Å². The van der Waals surface area contributed by atoms with Crippen LogP contribution in [-0.4, -0.2) is 29.7 Å². The third kappa shape index (κ3) is 3.25. The number of nitrogens with zero attached hydrogens (tertiary/aromatic N) is 4. The van der Waals surface area contributed by atoms with E-state index in [1.54, 1.807) is 6.07 Å². The normalized spacial score (nSPS) is 13.3. The Balaban J connectivity index is 1.72. The van der Waals surface area contributed by atoms with Crippen molar-refractivity contribution in [3.8, 4) is 6.19 Å². The molecule has 0 aromatic heterocycles. The zero-order valence-corrected chi connectivity index (χ0v) is 12.9. The molecule has 0 atom stereocenters. The molecule has 2 aromatic carbocycles. The molecule has 2 aromatic rings. The van der Waals surface area contributed by atoms with E-state index in [4.69, 9.17) is 0 Å². The van der Waals surface area contributed by atoms with Crippen LogP contribution in [-0.2, 0) is 4.79 Å². The topological polar surface area (TPSA) is 59.7 Å². The van der Waals surface area contributed by atoms with Crippen LogP contribution in [0, 0.1) is 17.3 Å². The average Bonchev–Trinajstić information content (AvgIpc) is 3.11. The molecule has 3 rings (SSSR count). The van der Waals surface area contributed by atoms with Crippen LogP contribution in [0.3, 0.4) is 0 Å². The molecule has 1 heterocycles. The highest BCUT2D eigenvalue weighted by Gasteiger charge is 2.24. The fraction of sp³-hybridized carbons (Fsp3) is 0.167. The van der Waals surface area contributed by atoms with Gasteiger partial charge in [0.25, 0.3) is 5.91 Å². The molecule has 1 aliphatic rings. The van der Waals surface area contributed by atoms with Gasteiger partial charge in [-0.3, -0.25) is 9.69 Å². The van der Waals surface area contributed by atoms with Crippen LogP contribution in [0.2, 0.25) is 0 Å². The van der Waals surface area contributed by atoms with E-state index in [2.05, 4.69) is 5.10 Å². The van der Waals surface area contributed by atoms with Gasteiger partial charge in [0.2, 0.25) is 0 Å². The van der Waals surface area contributed by atoms with Crippen LogP contribution in [0.25, 0.3) is 0 Å². The van der Waals surface area contributed by atoms with Crippen molar-refractivity contribution < 1.29 is 9.18 Å². The summed E-state index contributed by atoms with van der Waals surface area (Å²) in [5.41, 5.74) is 1.89. The van der Waals surface area contributed by atoms with Gasteiger partial charge in [-0.1, -0.05) is 42.5 Å². The molecule has 0 bridgehead atoms. The predicted molar refractivity (Wildman–Crippen MR) is 88.7 cm³/mol. The molecule has 5 nitrogen and oxygen atoms in total. The number of amides is 1. The van der Waals surface area contributed by atoms with Crippen LogP contribution in [0.1, 0.15) is 12.0 Å². The fourth-order valence-corrected chi connectivity index (χ4v) is 2.53. The summed E-state index contributed by atoms with van der Waals surface area (Å²) in [6, 6.07) is 15.5. The predicted octanol–water partition coefficient (Wildman–Crippen LogP) is 2.75. The highest BCUT2D eigenvalue weighted by molar-refractivity contribution is 6.02. The lowest BCUT2D eigenvalue weighted by Gasteiger charge is -2.18. The highest BCUT2D eigenvalue weighted by Crippen LogP contribution is 2.19. The Hall–Kier alpha value is -3.20. The standard InChI is InChI=1S/C18H15FN4O/c19-15-8-4-5-9-17(15)22(13-20)12-18(24)23-11-10-16(21-23)14-6-2-1-3-7-14/h1-9H,10-12H2. The fourth-order valence-electron chi connectivity index (χ4n) is 2.53. The number of benzene rings is 2. The number of para-hydroxylation sites is 1. The quantitative estimate of drug-likeness (QED) is 0.642. The lowest BCUT2D eigenvalue weighted by atomic mass is 10.1. The number of nitriles is 1. The SMILES string of the molecule is N#CN(CC(=O)N1CCC(c2ccccc2)=N1)c1ccccc1F. The minimum absolute atomic E-state index is 0.0832. The molecule has 1 amide bonds. The number of hydrazone groups is 1. The van der Waals surface area contributed by atoms with E-state index in [9.17, 15) is 14.4 Å². The molecule has 0 fully saturated rings. The van der Waals surface area contributed by atoms with E-state index < -0.39 is 5.82 Å². The van der Waals surface area contributed by atoms with Crippen molar-refractivity contribution in [2.75, 3.05) is 18.0 Å². The molecule has 0 spiro atoms. The Labute approximate surface area is 139 Å². The summed E-state index contributed by atoms with van der Waals surface area (Å²) in [7, 11) is 0. The summed E-state index contributed by atoms with van der Waals surface area (Å²) in [5, 5.41) is 14.9. The third-order valence-corrected chi connectivity index (χ3v) is 3.75. The van der Waals surface area contributed by atoms with Crippen LogP contribution in [0.5, 0.6) is 0 Å². The van der Waals surface area contributed by atoms with E-state index in [1.807, 2.05) is 36.5 Å².